The molecule has 0 aromatic heterocycles. The van der Waals surface area contributed by atoms with E-state index in [2.05, 4.69) is 17.9 Å². The predicted molar refractivity (Wildman–Crippen MR) is 48.6 cm³/mol. The van der Waals surface area contributed by atoms with Crippen LogP contribution in [0.2, 0.25) is 0 Å². The Balaban J connectivity index is 3.82. The Morgan fingerprint density at radius 1 is 1.50 bits per heavy atom. The zero-order chi connectivity index (χ0) is 9.40. The molecular weight excluding hydrogens is 152 g/mol. The Labute approximate surface area is 74.6 Å². The van der Waals surface area contributed by atoms with Gasteiger partial charge in [0.2, 0.25) is 0 Å². The summed E-state index contributed by atoms with van der Waals surface area (Å²) in [6.07, 6.45) is 1.61. The number of aliphatic hydroxyl groups is 1. The highest BCUT2D eigenvalue weighted by atomic mass is 16.3. The molecule has 0 saturated carbocycles. The van der Waals surface area contributed by atoms with Crippen molar-refractivity contribution in [3.63, 3.8) is 0 Å². The first-order valence-electron chi connectivity index (χ1n) is 4.48. The molecule has 0 radical (unpaired) electrons. The lowest BCUT2D eigenvalue weighted by atomic mass is 10.2. The highest BCUT2D eigenvalue weighted by Crippen LogP contribution is 2.03. The molecule has 0 bridgehead atoms. The molecule has 0 spiro atoms. The summed E-state index contributed by atoms with van der Waals surface area (Å²) in [5, 5.41) is 17.2. The smallest absolute Gasteiger partial charge is 0.0638 e. The maximum Gasteiger partial charge on any atom is 0.0638 e. The van der Waals surface area contributed by atoms with E-state index in [-0.39, 0.29) is 12.6 Å². The minimum Gasteiger partial charge on any atom is -0.395 e. The second-order valence-corrected chi connectivity index (χ2v) is 2.97. The largest absolute Gasteiger partial charge is 0.395 e. The van der Waals surface area contributed by atoms with Crippen molar-refractivity contribution in [3.05, 3.63) is 0 Å². The highest BCUT2D eigenvalue weighted by molar-refractivity contribution is 4.79. The van der Waals surface area contributed by atoms with Crippen LogP contribution in [-0.2, 0) is 0 Å². The van der Waals surface area contributed by atoms with Gasteiger partial charge in [0.05, 0.1) is 19.1 Å². The van der Waals surface area contributed by atoms with Crippen LogP contribution in [0.5, 0.6) is 0 Å². The fourth-order valence-corrected chi connectivity index (χ4v) is 1.23. The zero-order valence-electron chi connectivity index (χ0n) is 7.95. The van der Waals surface area contributed by atoms with Gasteiger partial charge >= 0.3 is 0 Å². The number of nitriles is 1. The van der Waals surface area contributed by atoms with Crippen molar-refractivity contribution in [2.75, 3.05) is 19.7 Å². The van der Waals surface area contributed by atoms with Crippen LogP contribution < -0.4 is 0 Å². The van der Waals surface area contributed by atoms with Crippen LogP contribution in [0.25, 0.3) is 0 Å². The molecule has 0 heterocycles. The van der Waals surface area contributed by atoms with Gasteiger partial charge < -0.3 is 5.11 Å². The average Bonchev–Trinajstić information content (AvgIpc) is 2.04. The van der Waals surface area contributed by atoms with Crippen LogP contribution in [0.3, 0.4) is 0 Å². The van der Waals surface area contributed by atoms with Crippen molar-refractivity contribution >= 4 is 0 Å². The number of hydrogen-bond donors (Lipinski definition) is 1. The molecule has 1 unspecified atom stereocenters. The minimum absolute atomic E-state index is 0.176. The molecule has 0 aromatic rings. The van der Waals surface area contributed by atoms with Gasteiger partial charge in [-0.1, -0.05) is 6.92 Å². The fraction of sp³-hybridized carbons (Fsp3) is 0.889. The summed E-state index contributed by atoms with van der Waals surface area (Å²) in [6, 6.07) is 2.41. The Bertz CT molecular complexity index is 136. The van der Waals surface area contributed by atoms with E-state index in [1.165, 1.54) is 0 Å². The third-order valence-corrected chi connectivity index (χ3v) is 1.91. The number of aliphatic hydroxyl groups excluding tert-OH is 1. The minimum atomic E-state index is 0.176. The van der Waals surface area contributed by atoms with Gasteiger partial charge in [0.15, 0.2) is 0 Å². The van der Waals surface area contributed by atoms with Crippen molar-refractivity contribution in [2.24, 2.45) is 0 Å². The Morgan fingerprint density at radius 2 is 2.17 bits per heavy atom. The van der Waals surface area contributed by atoms with E-state index in [4.69, 9.17) is 10.4 Å². The summed E-state index contributed by atoms with van der Waals surface area (Å²) in [5.41, 5.74) is 0. The quantitative estimate of drug-likeness (QED) is 0.646. The molecule has 0 fully saturated rings. The summed E-state index contributed by atoms with van der Waals surface area (Å²) < 4.78 is 0. The van der Waals surface area contributed by atoms with E-state index in [0.29, 0.717) is 13.0 Å². The first kappa shape index (κ1) is 11.4. The predicted octanol–water partition coefficient (Wildman–Crippen LogP) is 0.993. The molecular formula is C9H18N2O. The first-order valence-corrected chi connectivity index (χ1v) is 4.48. The third-order valence-electron chi connectivity index (χ3n) is 1.91. The van der Waals surface area contributed by atoms with E-state index in [0.717, 1.165) is 13.0 Å². The van der Waals surface area contributed by atoms with Crippen LogP contribution in [0, 0.1) is 11.3 Å². The summed E-state index contributed by atoms with van der Waals surface area (Å²) >= 11 is 0. The molecule has 1 N–H and O–H groups in total. The molecule has 0 aromatic carbocycles. The zero-order valence-corrected chi connectivity index (χ0v) is 7.95. The van der Waals surface area contributed by atoms with Crippen LogP contribution in [0.4, 0.5) is 0 Å². The highest BCUT2D eigenvalue weighted by Gasteiger charge is 2.10. The van der Waals surface area contributed by atoms with Gasteiger partial charge in [0.25, 0.3) is 0 Å². The van der Waals surface area contributed by atoms with E-state index in [9.17, 15) is 0 Å². The third kappa shape index (κ3) is 4.32. The molecule has 3 nitrogen and oxygen atoms in total. The van der Waals surface area contributed by atoms with Crippen LogP contribution >= 0.6 is 0 Å². The topological polar surface area (TPSA) is 47.3 Å². The maximum atomic E-state index is 8.76. The summed E-state index contributed by atoms with van der Waals surface area (Å²) in [7, 11) is 0. The van der Waals surface area contributed by atoms with Crippen LogP contribution in [0.1, 0.15) is 26.7 Å². The summed E-state index contributed by atoms with van der Waals surface area (Å²) in [6.45, 7) is 5.94. The van der Waals surface area contributed by atoms with Crippen LogP contribution in [0.15, 0.2) is 0 Å². The molecule has 0 aliphatic rings. The van der Waals surface area contributed by atoms with Gasteiger partial charge in [-0.3, -0.25) is 4.90 Å². The van der Waals surface area contributed by atoms with E-state index in [1.807, 2.05) is 6.92 Å². The SMILES string of the molecule is CCCN(CCO)C(C)CC#N. The van der Waals surface area contributed by atoms with Gasteiger partial charge in [0, 0.05) is 12.6 Å². The monoisotopic (exact) mass is 170 g/mol. The lowest BCUT2D eigenvalue weighted by Crippen LogP contribution is -2.35. The number of hydrogen-bond acceptors (Lipinski definition) is 3. The Kier molecular flexibility index (Phi) is 6.73. The Hall–Kier alpha value is -0.590. The van der Waals surface area contributed by atoms with Crippen molar-refractivity contribution in [1.82, 2.24) is 4.90 Å². The fourth-order valence-electron chi connectivity index (χ4n) is 1.23. The van der Waals surface area contributed by atoms with Crippen LogP contribution in [-0.4, -0.2) is 35.7 Å². The lowest BCUT2D eigenvalue weighted by molar-refractivity contribution is 0.159. The van der Waals surface area contributed by atoms with E-state index in [1.54, 1.807) is 0 Å². The molecule has 1 atom stereocenters. The molecule has 0 rings (SSSR count). The van der Waals surface area contributed by atoms with Gasteiger partial charge in [-0.15, -0.1) is 0 Å². The molecule has 70 valence electrons. The average molecular weight is 170 g/mol. The van der Waals surface area contributed by atoms with Gasteiger partial charge in [-0.25, -0.2) is 0 Å². The maximum absolute atomic E-state index is 8.76. The molecule has 0 aliphatic heterocycles. The number of rotatable bonds is 6. The van der Waals surface area contributed by atoms with Crippen molar-refractivity contribution in [1.29, 1.82) is 5.26 Å². The molecule has 0 saturated heterocycles. The van der Waals surface area contributed by atoms with Crippen molar-refractivity contribution < 1.29 is 5.11 Å². The first-order chi connectivity index (χ1) is 5.76. The second-order valence-electron chi connectivity index (χ2n) is 2.97. The lowest BCUT2D eigenvalue weighted by Gasteiger charge is -2.25. The van der Waals surface area contributed by atoms with E-state index < -0.39 is 0 Å². The molecule has 12 heavy (non-hydrogen) atoms. The standard InChI is InChI=1S/C9H18N2O/c1-3-6-11(7-8-12)9(2)4-5-10/h9,12H,3-4,6-8H2,1-2H3. The molecule has 0 amide bonds. The molecule has 3 heteroatoms. The van der Waals surface area contributed by atoms with Gasteiger partial charge in [0.1, 0.15) is 0 Å². The molecule has 0 aliphatic carbocycles. The van der Waals surface area contributed by atoms with Gasteiger partial charge in [-0.2, -0.15) is 5.26 Å². The van der Waals surface area contributed by atoms with Crippen molar-refractivity contribution in [2.45, 2.75) is 32.7 Å². The normalized spacial score (nSPS) is 12.9. The Morgan fingerprint density at radius 3 is 2.58 bits per heavy atom. The number of nitrogens with zero attached hydrogens (tertiary/aromatic N) is 2. The second kappa shape index (κ2) is 7.08. The summed E-state index contributed by atoms with van der Waals surface area (Å²) in [4.78, 5) is 2.14. The van der Waals surface area contributed by atoms with E-state index >= 15 is 0 Å². The van der Waals surface area contributed by atoms with Gasteiger partial charge in [-0.05, 0) is 19.9 Å². The summed E-state index contributed by atoms with van der Waals surface area (Å²) in [5.74, 6) is 0. The van der Waals surface area contributed by atoms with Crippen molar-refractivity contribution in [3.8, 4) is 6.07 Å².